The zero-order chi connectivity index (χ0) is 15.5. The zero-order valence-electron chi connectivity index (χ0n) is 14.2. The molecule has 124 valence electrons. The van der Waals surface area contributed by atoms with E-state index in [1.54, 1.807) is 4.90 Å². The number of carbonyl (C=O) groups is 1. The van der Waals surface area contributed by atoms with Crippen LogP contribution < -0.4 is 22.0 Å². The second-order valence-electron chi connectivity index (χ2n) is 6.18. The van der Waals surface area contributed by atoms with E-state index in [-0.39, 0.29) is 18.4 Å². The molecule has 1 aromatic rings. The van der Waals surface area contributed by atoms with Crippen LogP contribution in [-0.4, -0.2) is 25.6 Å². The Morgan fingerprint density at radius 1 is 1.14 bits per heavy atom. The fourth-order valence-electron chi connectivity index (χ4n) is 3.43. The highest BCUT2D eigenvalue weighted by Gasteiger charge is 2.48. The number of benzene rings is 1. The van der Waals surface area contributed by atoms with Crippen molar-refractivity contribution in [2.24, 2.45) is 0 Å². The fraction of sp³-hybridized carbons (Fsp3) is 0.611. The van der Waals surface area contributed by atoms with Crippen LogP contribution in [0.3, 0.4) is 0 Å². The highest BCUT2D eigenvalue weighted by Crippen LogP contribution is 2.45. The van der Waals surface area contributed by atoms with Gasteiger partial charge in [-0.3, -0.25) is 4.79 Å². The molecule has 3 nitrogen and oxygen atoms in total. The minimum absolute atomic E-state index is 0. The van der Waals surface area contributed by atoms with E-state index in [0.717, 1.165) is 50.2 Å². The topological polar surface area (TPSA) is 30.7 Å². The number of hydrogen-bond acceptors (Lipinski definition) is 2. The average molecular weight is 326 g/mol. The van der Waals surface area contributed by atoms with Gasteiger partial charge in [0, 0.05) is 12.0 Å². The first-order valence-electron chi connectivity index (χ1n) is 8.24. The van der Waals surface area contributed by atoms with Gasteiger partial charge >= 0.3 is 5.97 Å². The molecule has 22 heavy (non-hydrogen) atoms. The molecule has 1 aliphatic rings. The maximum Gasteiger partial charge on any atom is 0.322 e. The summed E-state index contributed by atoms with van der Waals surface area (Å²) in [6.07, 6.45) is 2.76. The summed E-state index contributed by atoms with van der Waals surface area (Å²) in [6.45, 7) is 11.9. The van der Waals surface area contributed by atoms with Gasteiger partial charge in [-0.1, -0.05) is 31.0 Å². The predicted molar refractivity (Wildman–Crippen MR) is 84.9 cm³/mol. The number of rotatable bonds is 7. The summed E-state index contributed by atoms with van der Waals surface area (Å²) in [7, 11) is 0. The molecule has 1 heterocycles. The summed E-state index contributed by atoms with van der Waals surface area (Å²) < 4.78 is 5.58. The summed E-state index contributed by atoms with van der Waals surface area (Å²) in [5.41, 5.74) is 1.88. The lowest BCUT2D eigenvalue weighted by Gasteiger charge is -2.27. The molecule has 1 unspecified atom stereocenters. The van der Waals surface area contributed by atoms with Crippen molar-refractivity contribution >= 4 is 5.97 Å². The van der Waals surface area contributed by atoms with Gasteiger partial charge in [0.05, 0.1) is 19.6 Å². The van der Waals surface area contributed by atoms with Crippen LogP contribution in [0.2, 0.25) is 0 Å². The first-order valence-corrected chi connectivity index (χ1v) is 8.24. The number of fused-ring (bicyclic) bond motifs is 1. The smallest absolute Gasteiger partial charge is 0.322 e. The number of carbonyl (C=O) groups excluding carboxylic acids is 1. The highest BCUT2D eigenvalue weighted by atomic mass is 35.5. The minimum atomic E-state index is -0.425. The van der Waals surface area contributed by atoms with Gasteiger partial charge in [0.1, 0.15) is 11.2 Å². The molecule has 0 saturated carbocycles. The van der Waals surface area contributed by atoms with Gasteiger partial charge in [-0.2, -0.15) is 0 Å². The van der Waals surface area contributed by atoms with E-state index in [4.69, 9.17) is 4.74 Å². The van der Waals surface area contributed by atoms with Gasteiger partial charge in [0.15, 0.2) is 0 Å². The predicted octanol–water partition coefficient (Wildman–Crippen LogP) is -0.729. The molecule has 1 aliphatic heterocycles. The van der Waals surface area contributed by atoms with E-state index in [2.05, 4.69) is 33.8 Å². The number of aryl methyl sites for hydroxylation is 1. The maximum atomic E-state index is 12.6. The van der Waals surface area contributed by atoms with E-state index in [1.807, 2.05) is 12.1 Å². The lowest BCUT2D eigenvalue weighted by atomic mass is 9.74. The summed E-state index contributed by atoms with van der Waals surface area (Å²) in [5.74, 6) is 0.727. The fourth-order valence-corrected chi connectivity index (χ4v) is 3.43. The molecule has 1 aromatic carbocycles. The molecule has 2 rings (SSSR count). The van der Waals surface area contributed by atoms with E-state index in [1.165, 1.54) is 5.56 Å². The quantitative estimate of drug-likeness (QED) is 0.529. The van der Waals surface area contributed by atoms with E-state index in [0.29, 0.717) is 0 Å². The van der Waals surface area contributed by atoms with Crippen LogP contribution in [0, 0.1) is 6.92 Å². The molecule has 0 saturated heterocycles. The standard InChI is InChI=1S/C18H27NO2.ClH/c1-5-10-18(11-12-19(6-2)7-3)15-13-14(4)8-9-16(15)21-17(18)20;/h8-9,13H,5-7,10-12H2,1-4H3;1H. The van der Waals surface area contributed by atoms with Gasteiger partial charge in [-0.05, 0) is 33.3 Å². The van der Waals surface area contributed by atoms with Crippen LogP contribution in [0.4, 0.5) is 0 Å². The van der Waals surface area contributed by atoms with Crippen LogP contribution in [0.25, 0.3) is 0 Å². The molecule has 0 aliphatic carbocycles. The molecule has 0 aromatic heterocycles. The Morgan fingerprint density at radius 2 is 1.82 bits per heavy atom. The van der Waals surface area contributed by atoms with E-state index < -0.39 is 5.41 Å². The minimum Gasteiger partial charge on any atom is -1.00 e. The molecule has 0 fully saturated rings. The maximum absolute atomic E-state index is 12.6. The van der Waals surface area contributed by atoms with Gasteiger partial charge in [-0.25, -0.2) is 0 Å². The van der Waals surface area contributed by atoms with Crippen molar-refractivity contribution < 1.29 is 26.8 Å². The highest BCUT2D eigenvalue weighted by molar-refractivity contribution is 5.90. The van der Waals surface area contributed by atoms with Gasteiger partial charge in [-0.15, -0.1) is 0 Å². The first kappa shape index (κ1) is 19.0. The number of hydrogen-bond donors (Lipinski definition) is 1. The second kappa shape index (κ2) is 7.98. The molecule has 0 amide bonds. The normalized spacial score (nSPS) is 19.8. The lowest BCUT2D eigenvalue weighted by Crippen LogP contribution is -3.11. The molecule has 0 radical (unpaired) electrons. The Labute approximate surface area is 140 Å². The Morgan fingerprint density at radius 3 is 2.41 bits per heavy atom. The third-order valence-electron chi connectivity index (χ3n) is 4.83. The van der Waals surface area contributed by atoms with Crippen LogP contribution in [0.15, 0.2) is 18.2 Å². The van der Waals surface area contributed by atoms with Gasteiger partial charge < -0.3 is 22.0 Å². The van der Waals surface area contributed by atoms with Crippen LogP contribution in [0.1, 0.15) is 51.2 Å². The van der Waals surface area contributed by atoms with E-state index in [9.17, 15) is 4.79 Å². The number of nitrogens with one attached hydrogen (secondary N) is 1. The van der Waals surface area contributed by atoms with Gasteiger partial charge in [0.25, 0.3) is 0 Å². The Bertz CT molecular complexity index is 514. The molecule has 4 heteroatoms. The van der Waals surface area contributed by atoms with Crippen LogP contribution >= 0.6 is 0 Å². The summed E-state index contributed by atoms with van der Waals surface area (Å²) in [4.78, 5) is 14.2. The molecule has 1 atom stereocenters. The number of ether oxygens (including phenoxy) is 1. The molecular formula is C18H28ClNO2. The third kappa shape index (κ3) is 3.47. The van der Waals surface area contributed by atoms with Crippen molar-refractivity contribution in [3.63, 3.8) is 0 Å². The van der Waals surface area contributed by atoms with Crippen LogP contribution in [0.5, 0.6) is 5.75 Å². The SMILES string of the molecule is CCCC1(CC[NH+](CC)CC)C(=O)Oc2ccc(C)cc21.[Cl-]. The Hall–Kier alpha value is -1.06. The molecule has 0 spiro atoms. The largest absolute Gasteiger partial charge is 1.00 e. The monoisotopic (exact) mass is 325 g/mol. The van der Waals surface area contributed by atoms with Crippen molar-refractivity contribution in [2.75, 3.05) is 19.6 Å². The Balaban J connectivity index is 0.00000242. The summed E-state index contributed by atoms with van der Waals surface area (Å²) in [5, 5.41) is 0. The molecule has 0 bridgehead atoms. The van der Waals surface area contributed by atoms with Gasteiger partial charge in [0.2, 0.25) is 0 Å². The van der Waals surface area contributed by atoms with Crippen molar-refractivity contribution in [2.45, 2.75) is 52.4 Å². The average Bonchev–Trinajstić information content (AvgIpc) is 2.73. The van der Waals surface area contributed by atoms with Crippen molar-refractivity contribution in [1.29, 1.82) is 0 Å². The summed E-state index contributed by atoms with van der Waals surface area (Å²) in [6, 6.07) is 6.11. The van der Waals surface area contributed by atoms with Crippen molar-refractivity contribution in [3.05, 3.63) is 29.3 Å². The lowest BCUT2D eigenvalue weighted by molar-refractivity contribution is -0.897. The number of quaternary nitrogens is 1. The first-order chi connectivity index (χ1) is 10.1. The second-order valence-corrected chi connectivity index (χ2v) is 6.18. The summed E-state index contributed by atoms with van der Waals surface area (Å²) >= 11 is 0. The van der Waals surface area contributed by atoms with E-state index >= 15 is 0 Å². The van der Waals surface area contributed by atoms with Crippen molar-refractivity contribution in [1.82, 2.24) is 0 Å². The van der Waals surface area contributed by atoms with Crippen LogP contribution in [-0.2, 0) is 10.2 Å². The Kier molecular flexibility index (Phi) is 6.89. The zero-order valence-corrected chi connectivity index (χ0v) is 14.9. The molecule has 1 N–H and O–H groups in total. The number of halogens is 1. The van der Waals surface area contributed by atoms with Crippen molar-refractivity contribution in [3.8, 4) is 5.75 Å². The third-order valence-corrected chi connectivity index (χ3v) is 4.83. The number of esters is 1. The molecular weight excluding hydrogens is 298 g/mol.